The third kappa shape index (κ3) is 4.94. The first-order valence-electron chi connectivity index (χ1n) is 18.2. The fourth-order valence-electron chi connectivity index (χ4n) is 8.36. The van der Waals surface area contributed by atoms with Crippen molar-refractivity contribution in [2.75, 3.05) is 0 Å². The molecule has 4 atom stereocenters. The molecule has 2 aromatic carbocycles. The number of hydrogen-bond donors (Lipinski definition) is 2. The number of nitrogens with zero attached hydrogens (tertiary/aromatic N) is 4. The molecule has 4 aliphatic heterocycles. The summed E-state index contributed by atoms with van der Waals surface area (Å²) in [5, 5.41) is 24.7. The summed E-state index contributed by atoms with van der Waals surface area (Å²) >= 11 is 0. The van der Waals surface area contributed by atoms with Gasteiger partial charge in [0.25, 0.3) is 11.1 Å². The molecule has 16 heteroatoms. The topological polar surface area (TPSA) is 181 Å². The summed E-state index contributed by atoms with van der Waals surface area (Å²) < 4.78 is 55.1. The number of rotatable bonds is 6. The third-order valence-electron chi connectivity index (χ3n) is 11.4. The van der Waals surface area contributed by atoms with Gasteiger partial charge in [-0.1, -0.05) is 50.2 Å². The SMILES string of the molecule is CC[C@@]1(O)C(=O)OC(OC(F)(F)OC2OC(=O)[C@](O)(CC)c3cc4n(c(=O)c32)Cc2cc3ccccc3nc2-4)c2c1cc1n(c2=O)Cc2cc3ccccc3nc2-1. The number of fused-ring (bicyclic) bond motifs is 10. The minimum atomic E-state index is -4.83. The van der Waals surface area contributed by atoms with Crippen molar-refractivity contribution >= 4 is 33.7 Å². The van der Waals surface area contributed by atoms with E-state index in [4.69, 9.17) is 28.9 Å². The minimum absolute atomic E-state index is 0.00838. The average Bonchev–Trinajstić information content (AvgIpc) is 3.74. The second-order valence-corrected chi connectivity index (χ2v) is 14.5. The van der Waals surface area contributed by atoms with E-state index in [0.717, 1.165) is 10.8 Å². The molecule has 288 valence electrons. The van der Waals surface area contributed by atoms with Crippen LogP contribution < -0.4 is 11.1 Å². The quantitative estimate of drug-likeness (QED) is 0.175. The van der Waals surface area contributed by atoms with Gasteiger partial charge >= 0.3 is 18.2 Å². The van der Waals surface area contributed by atoms with E-state index in [-0.39, 0.29) is 48.4 Å². The maximum atomic E-state index is 16.2. The molecule has 0 amide bonds. The molecule has 2 N–H and O–H groups in total. The number of carbonyl (C=O) groups is 2. The van der Waals surface area contributed by atoms with Crippen molar-refractivity contribution in [1.82, 2.24) is 19.1 Å². The van der Waals surface area contributed by atoms with Crippen LogP contribution in [0.1, 0.15) is 72.6 Å². The van der Waals surface area contributed by atoms with Crippen LogP contribution in [0.25, 0.3) is 44.6 Å². The summed E-state index contributed by atoms with van der Waals surface area (Å²) in [5.41, 5.74) is -4.64. The van der Waals surface area contributed by atoms with E-state index in [1.54, 1.807) is 24.3 Å². The highest BCUT2D eigenvalue weighted by Gasteiger charge is 2.55. The zero-order chi connectivity index (χ0) is 39.8. The lowest BCUT2D eigenvalue weighted by Gasteiger charge is -2.38. The molecule has 0 aliphatic carbocycles. The number of benzene rings is 2. The molecule has 0 bridgehead atoms. The lowest BCUT2D eigenvalue weighted by Crippen LogP contribution is -2.49. The molecule has 0 radical (unpaired) electrons. The number of carbonyl (C=O) groups excluding carboxylic acids is 2. The first-order chi connectivity index (χ1) is 27.2. The average molecular weight is 777 g/mol. The van der Waals surface area contributed by atoms with E-state index in [2.05, 4.69) is 0 Å². The fourth-order valence-corrected chi connectivity index (χ4v) is 8.36. The lowest BCUT2D eigenvalue weighted by atomic mass is 9.85. The van der Waals surface area contributed by atoms with Crippen LogP contribution in [0, 0.1) is 0 Å². The van der Waals surface area contributed by atoms with Gasteiger partial charge in [-0.3, -0.25) is 19.1 Å². The van der Waals surface area contributed by atoms with Crippen molar-refractivity contribution in [2.45, 2.75) is 69.9 Å². The van der Waals surface area contributed by atoms with Crippen molar-refractivity contribution < 1.29 is 47.5 Å². The van der Waals surface area contributed by atoms with Crippen molar-refractivity contribution in [3.05, 3.63) is 127 Å². The Kier molecular flexibility index (Phi) is 7.36. The summed E-state index contributed by atoms with van der Waals surface area (Å²) in [5.74, 6) is -2.74. The number of halogens is 2. The molecule has 10 rings (SSSR count). The molecule has 0 saturated carbocycles. The molecule has 2 unspecified atom stereocenters. The summed E-state index contributed by atoms with van der Waals surface area (Å²) in [4.78, 5) is 64.5. The van der Waals surface area contributed by atoms with Crippen LogP contribution in [0.2, 0.25) is 0 Å². The molecule has 57 heavy (non-hydrogen) atoms. The molecule has 6 aromatic rings. The Bertz CT molecular complexity index is 2730. The van der Waals surface area contributed by atoms with Gasteiger partial charge < -0.3 is 28.8 Å². The normalized spacial score (nSPS) is 23.0. The van der Waals surface area contributed by atoms with E-state index >= 15 is 8.78 Å². The minimum Gasteiger partial charge on any atom is -0.428 e. The number of pyridine rings is 4. The summed E-state index contributed by atoms with van der Waals surface area (Å²) in [6.07, 6.45) is -10.3. The monoisotopic (exact) mass is 776 g/mol. The Balaban J connectivity index is 1.04. The smallest absolute Gasteiger partial charge is 0.428 e. The van der Waals surface area contributed by atoms with Crippen molar-refractivity contribution in [3.8, 4) is 22.8 Å². The molecule has 14 nitrogen and oxygen atoms in total. The molecule has 0 spiro atoms. The number of para-hydroxylation sites is 2. The van der Waals surface area contributed by atoms with E-state index in [9.17, 15) is 29.4 Å². The molecule has 0 fully saturated rings. The summed E-state index contributed by atoms with van der Waals surface area (Å²) in [6.45, 7) is 2.89. The number of hydrogen-bond acceptors (Lipinski definition) is 12. The van der Waals surface area contributed by atoms with Crippen LogP contribution in [0.5, 0.6) is 0 Å². The van der Waals surface area contributed by atoms with Crippen molar-refractivity contribution in [2.24, 2.45) is 0 Å². The van der Waals surface area contributed by atoms with Crippen LogP contribution in [0.3, 0.4) is 0 Å². The van der Waals surface area contributed by atoms with Gasteiger partial charge in [-0.25, -0.2) is 19.6 Å². The lowest BCUT2D eigenvalue weighted by molar-refractivity contribution is -0.461. The molecule has 4 aliphatic rings. The van der Waals surface area contributed by atoms with Gasteiger partial charge in [-0.2, -0.15) is 0 Å². The van der Waals surface area contributed by atoms with Gasteiger partial charge in [-0.05, 0) is 49.2 Å². The Hall–Kier alpha value is -6.20. The largest absolute Gasteiger partial charge is 0.492 e. The van der Waals surface area contributed by atoms with Crippen molar-refractivity contribution in [1.29, 1.82) is 0 Å². The Morgan fingerprint density at radius 1 is 0.702 bits per heavy atom. The van der Waals surface area contributed by atoms with Crippen LogP contribution in [0.15, 0.2) is 82.4 Å². The van der Waals surface area contributed by atoms with Crippen molar-refractivity contribution in [3.63, 3.8) is 0 Å². The second kappa shape index (κ2) is 11.9. The summed E-state index contributed by atoms with van der Waals surface area (Å²) in [7, 11) is 0. The number of cyclic esters (lactones) is 2. The van der Waals surface area contributed by atoms with Gasteiger partial charge in [-0.15, -0.1) is 8.78 Å². The third-order valence-corrected chi connectivity index (χ3v) is 11.4. The highest BCUT2D eigenvalue weighted by molar-refractivity contribution is 5.88. The highest BCUT2D eigenvalue weighted by atomic mass is 19.3. The maximum absolute atomic E-state index is 16.2. The zero-order valence-corrected chi connectivity index (χ0v) is 30.1. The number of ether oxygens (including phenoxy) is 4. The second-order valence-electron chi connectivity index (χ2n) is 14.5. The summed E-state index contributed by atoms with van der Waals surface area (Å²) in [6, 6.07) is 20.9. The van der Waals surface area contributed by atoms with E-state index in [1.165, 1.54) is 35.1 Å². The number of alkyl halides is 2. The van der Waals surface area contributed by atoms with Gasteiger partial charge in [0, 0.05) is 33.0 Å². The van der Waals surface area contributed by atoms with Crippen LogP contribution in [0.4, 0.5) is 8.78 Å². The first-order valence-corrected chi connectivity index (χ1v) is 18.2. The van der Waals surface area contributed by atoms with Crippen LogP contribution >= 0.6 is 0 Å². The standard InChI is InChI=1S/C41H30F2N4O10/c1-3-39(52)23-15-27-31-21(13-19-9-5-7-11-25(19)44-31)17-46(27)33(48)29(23)35(54-37(39)50)56-41(42,43)57-36-30-24(40(53,4-2)38(51)55-36)16-28-32-22(18-47(28)34(30)49)14-20-10-6-8-12-26(20)45-32/h5-16,35-36,52-53H,3-4,17-18H2,1-2H3/t35?,36?,39-,40-/m0/s1. The predicted molar refractivity (Wildman–Crippen MR) is 194 cm³/mol. The molecule has 0 saturated heterocycles. The van der Waals surface area contributed by atoms with E-state index in [1.807, 2.05) is 36.4 Å². The molecular formula is C41H30F2N4O10. The number of aliphatic hydroxyl groups is 2. The number of aromatic nitrogens is 4. The predicted octanol–water partition coefficient (Wildman–Crippen LogP) is 4.75. The number of esters is 2. The molecule has 4 aromatic heterocycles. The van der Waals surface area contributed by atoms with Gasteiger partial charge in [0.2, 0.25) is 12.6 Å². The maximum Gasteiger partial charge on any atom is 0.492 e. The molecular weight excluding hydrogens is 746 g/mol. The fraction of sp³-hybridized carbons (Fsp3) is 0.268. The van der Waals surface area contributed by atoms with Gasteiger partial charge in [0.1, 0.15) is 0 Å². The Morgan fingerprint density at radius 3 is 1.51 bits per heavy atom. The van der Waals surface area contributed by atoms with E-state index in [0.29, 0.717) is 33.5 Å². The zero-order valence-electron chi connectivity index (χ0n) is 30.1. The first kappa shape index (κ1) is 35.2. The Labute approximate surface area is 319 Å². The Morgan fingerprint density at radius 2 is 1.11 bits per heavy atom. The van der Waals surface area contributed by atoms with Crippen LogP contribution in [-0.4, -0.2) is 47.5 Å². The molecule has 8 heterocycles. The van der Waals surface area contributed by atoms with Gasteiger partial charge in [0.15, 0.2) is 11.2 Å². The van der Waals surface area contributed by atoms with E-state index < -0.39 is 64.3 Å². The van der Waals surface area contributed by atoms with Crippen LogP contribution in [-0.2, 0) is 52.8 Å². The highest BCUT2D eigenvalue weighted by Crippen LogP contribution is 2.47. The van der Waals surface area contributed by atoms with Gasteiger partial charge in [0.05, 0.1) is 58.0 Å².